The third-order valence-electron chi connectivity index (χ3n) is 2.65. The molecule has 1 aromatic carbocycles. The van der Waals surface area contributed by atoms with E-state index in [2.05, 4.69) is 56.8 Å². The van der Waals surface area contributed by atoms with Crippen molar-refractivity contribution in [1.82, 2.24) is 4.98 Å². The van der Waals surface area contributed by atoms with E-state index in [1.165, 1.54) is 10.5 Å². The molecule has 0 atom stereocenters. The molecule has 0 saturated carbocycles. The highest BCUT2D eigenvalue weighted by molar-refractivity contribution is 9.10. The van der Waals surface area contributed by atoms with E-state index in [1.807, 2.05) is 19.1 Å². The van der Waals surface area contributed by atoms with Crippen LogP contribution in [0.15, 0.2) is 45.8 Å². The molecule has 1 heterocycles. The van der Waals surface area contributed by atoms with E-state index < -0.39 is 0 Å². The van der Waals surface area contributed by atoms with Crippen LogP contribution in [0, 0.1) is 6.92 Å². The lowest BCUT2D eigenvalue weighted by atomic mass is 10.2. The maximum absolute atomic E-state index is 4.46. The van der Waals surface area contributed by atoms with Crippen LogP contribution in [0.3, 0.4) is 0 Å². The molecule has 0 aliphatic heterocycles. The summed E-state index contributed by atoms with van der Waals surface area (Å²) >= 11 is 5.21. The standard InChI is InChI=1S/C14H15BrN2S/c1-10-13(15)7-8-14(17-10)16-9-11-3-5-12(18-2)6-4-11/h3-8H,9H2,1-2H3,(H,16,17). The van der Waals surface area contributed by atoms with Gasteiger partial charge in [0.1, 0.15) is 5.82 Å². The van der Waals surface area contributed by atoms with Gasteiger partial charge < -0.3 is 5.32 Å². The molecular formula is C14H15BrN2S. The van der Waals surface area contributed by atoms with E-state index in [4.69, 9.17) is 0 Å². The lowest BCUT2D eigenvalue weighted by Gasteiger charge is -2.07. The predicted octanol–water partition coefficient (Wildman–Crippen LogP) is 4.49. The maximum atomic E-state index is 4.46. The molecule has 0 bridgehead atoms. The molecule has 2 aromatic rings. The molecular weight excluding hydrogens is 308 g/mol. The Bertz CT molecular complexity index is 526. The van der Waals surface area contributed by atoms with Crippen LogP contribution in [0.4, 0.5) is 5.82 Å². The molecule has 0 unspecified atom stereocenters. The van der Waals surface area contributed by atoms with Gasteiger partial charge in [0.2, 0.25) is 0 Å². The number of aryl methyl sites for hydroxylation is 1. The lowest BCUT2D eigenvalue weighted by Crippen LogP contribution is -2.02. The van der Waals surface area contributed by atoms with Crippen LogP contribution in [0.1, 0.15) is 11.3 Å². The molecule has 0 fully saturated rings. The van der Waals surface area contributed by atoms with Crippen molar-refractivity contribution in [3.63, 3.8) is 0 Å². The van der Waals surface area contributed by atoms with E-state index in [0.29, 0.717) is 0 Å². The summed E-state index contributed by atoms with van der Waals surface area (Å²) in [4.78, 5) is 5.75. The molecule has 0 aliphatic carbocycles. The second-order valence-corrected chi connectivity index (χ2v) is 5.70. The SMILES string of the molecule is CSc1ccc(CNc2ccc(Br)c(C)n2)cc1. The summed E-state index contributed by atoms with van der Waals surface area (Å²) in [6.45, 7) is 2.78. The molecule has 0 radical (unpaired) electrons. The Morgan fingerprint density at radius 2 is 1.89 bits per heavy atom. The first-order valence-corrected chi connectivity index (χ1v) is 7.71. The number of rotatable bonds is 4. The van der Waals surface area contributed by atoms with Gasteiger partial charge in [0.15, 0.2) is 0 Å². The number of thioether (sulfide) groups is 1. The van der Waals surface area contributed by atoms with Crippen molar-refractivity contribution in [2.45, 2.75) is 18.4 Å². The van der Waals surface area contributed by atoms with Gasteiger partial charge in [0, 0.05) is 15.9 Å². The monoisotopic (exact) mass is 322 g/mol. The minimum atomic E-state index is 0.794. The van der Waals surface area contributed by atoms with Crippen molar-refractivity contribution in [1.29, 1.82) is 0 Å². The zero-order chi connectivity index (χ0) is 13.0. The number of nitrogens with zero attached hydrogens (tertiary/aromatic N) is 1. The highest BCUT2D eigenvalue weighted by Gasteiger charge is 1.99. The first-order chi connectivity index (χ1) is 8.69. The second-order valence-electron chi connectivity index (χ2n) is 3.97. The smallest absolute Gasteiger partial charge is 0.126 e. The summed E-state index contributed by atoms with van der Waals surface area (Å²) < 4.78 is 1.04. The minimum Gasteiger partial charge on any atom is -0.366 e. The largest absolute Gasteiger partial charge is 0.366 e. The number of hydrogen-bond acceptors (Lipinski definition) is 3. The van der Waals surface area contributed by atoms with Crippen molar-refractivity contribution < 1.29 is 0 Å². The zero-order valence-corrected chi connectivity index (χ0v) is 12.8. The molecule has 94 valence electrons. The Balaban J connectivity index is 1.99. The van der Waals surface area contributed by atoms with Gasteiger partial charge >= 0.3 is 0 Å². The number of pyridine rings is 1. The number of hydrogen-bond donors (Lipinski definition) is 1. The summed E-state index contributed by atoms with van der Waals surface area (Å²) in [6.07, 6.45) is 2.09. The highest BCUT2D eigenvalue weighted by Crippen LogP contribution is 2.18. The highest BCUT2D eigenvalue weighted by atomic mass is 79.9. The Hall–Kier alpha value is -1.00. The first kappa shape index (κ1) is 13.4. The molecule has 1 aromatic heterocycles. The maximum Gasteiger partial charge on any atom is 0.126 e. The van der Waals surface area contributed by atoms with Crippen molar-refractivity contribution in [3.05, 3.63) is 52.1 Å². The molecule has 0 saturated heterocycles. The fourth-order valence-electron chi connectivity index (χ4n) is 1.58. The third-order valence-corrected chi connectivity index (χ3v) is 4.24. The van der Waals surface area contributed by atoms with Crippen LogP contribution in [0.25, 0.3) is 0 Å². The summed E-state index contributed by atoms with van der Waals surface area (Å²) in [5, 5.41) is 3.33. The predicted molar refractivity (Wildman–Crippen MR) is 82.2 cm³/mol. The molecule has 2 nitrogen and oxygen atoms in total. The van der Waals surface area contributed by atoms with Crippen LogP contribution in [0.5, 0.6) is 0 Å². The van der Waals surface area contributed by atoms with Gasteiger partial charge in [-0.15, -0.1) is 11.8 Å². The lowest BCUT2D eigenvalue weighted by molar-refractivity contribution is 1.08. The zero-order valence-electron chi connectivity index (χ0n) is 10.4. The average molecular weight is 323 g/mol. The van der Waals surface area contributed by atoms with Gasteiger partial charge in [-0.1, -0.05) is 12.1 Å². The summed E-state index contributed by atoms with van der Waals surface area (Å²) in [7, 11) is 0. The number of benzene rings is 1. The number of aromatic nitrogens is 1. The first-order valence-electron chi connectivity index (χ1n) is 5.69. The van der Waals surface area contributed by atoms with Gasteiger partial charge in [-0.2, -0.15) is 0 Å². The molecule has 0 aliphatic rings. The average Bonchev–Trinajstić information content (AvgIpc) is 2.41. The fourth-order valence-corrected chi connectivity index (χ4v) is 2.21. The quantitative estimate of drug-likeness (QED) is 0.840. The van der Waals surface area contributed by atoms with E-state index >= 15 is 0 Å². The van der Waals surface area contributed by atoms with E-state index in [1.54, 1.807) is 11.8 Å². The summed E-state index contributed by atoms with van der Waals surface area (Å²) in [6, 6.07) is 12.6. The number of anilines is 1. The van der Waals surface area contributed by atoms with E-state index in [0.717, 1.165) is 22.5 Å². The molecule has 1 N–H and O–H groups in total. The summed E-state index contributed by atoms with van der Waals surface area (Å²) in [5.74, 6) is 0.907. The Kier molecular flexibility index (Phi) is 4.66. The minimum absolute atomic E-state index is 0.794. The van der Waals surface area contributed by atoms with Gasteiger partial charge in [-0.3, -0.25) is 0 Å². The van der Waals surface area contributed by atoms with Gasteiger partial charge in [0.05, 0.1) is 5.69 Å². The Labute approximate surface area is 120 Å². The Morgan fingerprint density at radius 1 is 1.17 bits per heavy atom. The van der Waals surface area contributed by atoms with Crippen LogP contribution < -0.4 is 5.32 Å². The van der Waals surface area contributed by atoms with Gasteiger partial charge in [-0.05, 0) is 58.9 Å². The van der Waals surface area contributed by atoms with Crippen LogP contribution >= 0.6 is 27.7 Å². The molecule has 2 rings (SSSR count). The van der Waals surface area contributed by atoms with Gasteiger partial charge in [0.25, 0.3) is 0 Å². The van der Waals surface area contributed by atoms with Crippen molar-refractivity contribution in [3.8, 4) is 0 Å². The number of halogens is 1. The number of nitrogens with one attached hydrogen (secondary N) is 1. The van der Waals surface area contributed by atoms with Crippen molar-refractivity contribution in [2.24, 2.45) is 0 Å². The van der Waals surface area contributed by atoms with E-state index in [-0.39, 0.29) is 0 Å². The van der Waals surface area contributed by atoms with Crippen LogP contribution in [0.2, 0.25) is 0 Å². The molecule has 0 spiro atoms. The molecule has 4 heteroatoms. The van der Waals surface area contributed by atoms with Gasteiger partial charge in [-0.25, -0.2) is 4.98 Å². The Morgan fingerprint density at radius 3 is 2.50 bits per heavy atom. The van der Waals surface area contributed by atoms with Crippen LogP contribution in [-0.4, -0.2) is 11.2 Å². The van der Waals surface area contributed by atoms with Crippen molar-refractivity contribution in [2.75, 3.05) is 11.6 Å². The third kappa shape index (κ3) is 3.50. The normalized spacial score (nSPS) is 10.4. The molecule has 18 heavy (non-hydrogen) atoms. The second kappa shape index (κ2) is 6.25. The van der Waals surface area contributed by atoms with E-state index in [9.17, 15) is 0 Å². The molecule has 0 amide bonds. The summed E-state index contributed by atoms with van der Waals surface area (Å²) in [5.41, 5.74) is 2.26. The topological polar surface area (TPSA) is 24.9 Å². The van der Waals surface area contributed by atoms with Crippen molar-refractivity contribution >= 4 is 33.5 Å². The fraction of sp³-hybridized carbons (Fsp3) is 0.214. The van der Waals surface area contributed by atoms with Crippen LogP contribution in [-0.2, 0) is 6.54 Å².